The van der Waals surface area contributed by atoms with E-state index in [1.165, 1.54) is 54.1 Å². The van der Waals surface area contributed by atoms with Crippen molar-refractivity contribution >= 4 is 42.8 Å². The van der Waals surface area contributed by atoms with Crippen molar-refractivity contribution in [1.29, 1.82) is 0 Å². The number of piperidine rings is 1. The molecule has 3 atom stereocenters. The predicted molar refractivity (Wildman–Crippen MR) is 159 cm³/mol. The lowest BCUT2D eigenvalue weighted by molar-refractivity contribution is -0.154. The van der Waals surface area contributed by atoms with Gasteiger partial charge in [0, 0.05) is 53.3 Å². The van der Waals surface area contributed by atoms with E-state index in [9.17, 15) is 13.2 Å². The molecule has 0 radical (unpaired) electrons. The number of benzene rings is 2. The van der Waals surface area contributed by atoms with Crippen LogP contribution < -0.4 is 5.73 Å². The van der Waals surface area contributed by atoms with Gasteiger partial charge >= 0.3 is 0 Å². The molecule has 1 aliphatic carbocycles. The van der Waals surface area contributed by atoms with Gasteiger partial charge in [0.05, 0.1) is 10.4 Å². The lowest BCUT2D eigenvalue weighted by Crippen LogP contribution is -2.61. The number of nitrogens with zero attached hydrogens (tertiary/aromatic N) is 4. The van der Waals surface area contributed by atoms with Gasteiger partial charge in [0.2, 0.25) is 15.9 Å². The lowest BCUT2D eigenvalue weighted by atomic mass is 9.94. The molecule has 8 nitrogen and oxygen atoms in total. The molecule has 6 rings (SSSR count). The van der Waals surface area contributed by atoms with Gasteiger partial charge in [0.15, 0.2) is 6.04 Å². The lowest BCUT2D eigenvalue weighted by Gasteiger charge is -2.42. The Morgan fingerprint density at radius 2 is 1.74 bits per heavy atom. The number of sulfonamides is 1. The molecule has 2 aliphatic heterocycles. The van der Waals surface area contributed by atoms with E-state index in [0.29, 0.717) is 51.3 Å². The minimum absolute atomic E-state index is 0.111. The van der Waals surface area contributed by atoms with Gasteiger partial charge in [0.1, 0.15) is 0 Å². The molecule has 12 heteroatoms. The van der Waals surface area contributed by atoms with E-state index in [0.717, 1.165) is 26.4 Å². The van der Waals surface area contributed by atoms with Gasteiger partial charge in [-0.05, 0) is 74.8 Å². The van der Waals surface area contributed by atoms with Crippen molar-refractivity contribution in [2.45, 2.75) is 92.9 Å². The minimum atomic E-state index is -4.52. The monoisotopic (exact) mass is 663 g/mol. The Morgan fingerprint density at radius 1 is 1.10 bits per heavy atom. The molecule has 1 saturated carbocycles. The van der Waals surface area contributed by atoms with Gasteiger partial charge in [-0.25, -0.2) is 8.42 Å². The highest BCUT2D eigenvalue weighted by molar-refractivity contribution is 9.10. The molecule has 3 heterocycles. The standard InChI is InChI=1S/C30H36BrF2N5O3S/c1-36(42(40,41)26-12-13-27-20(14-26)18-37(35-27)17-19-4-2-3-5-19)28(30(32,33)21-6-8-22(31)9-7-21)29(39)38-24-10-11-25(38)16-23(34)15-24/h6-9,12-14,18-19,23-25,28H,2-5,10-11,15-17,34H2,1H3/t23?,24?,25?,28-/m0/s1. The molecule has 2 bridgehead atoms. The fraction of sp³-hybridized carbons (Fsp3) is 0.533. The second kappa shape index (κ2) is 11.3. The predicted octanol–water partition coefficient (Wildman–Crippen LogP) is 5.25. The number of halogens is 3. The molecule has 2 unspecified atom stereocenters. The molecule has 3 aliphatic rings. The van der Waals surface area contributed by atoms with E-state index in [1.54, 1.807) is 12.3 Å². The highest BCUT2D eigenvalue weighted by Gasteiger charge is 2.56. The maximum atomic E-state index is 16.4. The molecule has 2 N–H and O–H groups in total. The van der Waals surface area contributed by atoms with Crippen LogP contribution in [0.1, 0.15) is 56.9 Å². The highest BCUT2D eigenvalue weighted by Crippen LogP contribution is 2.42. The van der Waals surface area contributed by atoms with E-state index >= 15 is 8.78 Å². The van der Waals surface area contributed by atoms with Gasteiger partial charge in [0.25, 0.3) is 5.92 Å². The van der Waals surface area contributed by atoms with Crippen LogP contribution in [0, 0.1) is 5.92 Å². The van der Waals surface area contributed by atoms with Gasteiger partial charge in [-0.1, -0.05) is 40.9 Å². The van der Waals surface area contributed by atoms with Crippen LogP contribution in [0.3, 0.4) is 0 Å². The van der Waals surface area contributed by atoms with Crippen LogP contribution in [0.5, 0.6) is 0 Å². The maximum Gasteiger partial charge on any atom is 0.298 e. The zero-order valence-corrected chi connectivity index (χ0v) is 25.9. The van der Waals surface area contributed by atoms with E-state index < -0.39 is 33.5 Å². The van der Waals surface area contributed by atoms with Crippen molar-refractivity contribution < 1.29 is 22.0 Å². The number of carbonyl (C=O) groups excluding carboxylic acids is 1. The summed E-state index contributed by atoms with van der Waals surface area (Å²) in [6, 6.07) is 6.83. The first-order valence-corrected chi connectivity index (χ1v) is 16.9. The fourth-order valence-corrected chi connectivity index (χ4v) is 8.77. The first-order valence-electron chi connectivity index (χ1n) is 14.6. The first-order chi connectivity index (χ1) is 19.9. The molecule has 0 spiro atoms. The molecule has 3 aromatic rings. The number of alkyl halides is 2. The minimum Gasteiger partial charge on any atom is -0.335 e. The zero-order chi connectivity index (χ0) is 29.8. The molecule has 226 valence electrons. The summed E-state index contributed by atoms with van der Waals surface area (Å²) in [5.74, 6) is -4.16. The number of rotatable bonds is 8. The second-order valence-electron chi connectivity index (χ2n) is 12.1. The Hall–Kier alpha value is -2.41. The summed E-state index contributed by atoms with van der Waals surface area (Å²) in [6.07, 6.45) is 8.86. The van der Waals surface area contributed by atoms with Gasteiger partial charge in [-0.3, -0.25) is 9.48 Å². The quantitative estimate of drug-likeness (QED) is 0.355. The van der Waals surface area contributed by atoms with Gasteiger partial charge in [-0.2, -0.15) is 18.2 Å². The average molecular weight is 665 g/mol. The molecule has 3 fully saturated rings. The Morgan fingerprint density at radius 3 is 2.38 bits per heavy atom. The topological polar surface area (TPSA) is 102 Å². The van der Waals surface area contributed by atoms with Crippen LogP contribution in [0.2, 0.25) is 0 Å². The highest BCUT2D eigenvalue weighted by atomic mass is 79.9. The van der Waals surface area contributed by atoms with Crippen LogP contribution in [-0.4, -0.2) is 64.5 Å². The molecule has 42 heavy (non-hydrogen) atoms. The van der Waals surface area contributed by atoms with Crippen molar-refractivity contribution in [1.82, 2.24) is 19.0 Å². The number of amides is 1. The summed E-state index contributed by atoms with van der Waals surface area (Å²) in [7, 11) is -3.44. The molecular weight excluding hydrogens is 628 g/mol. The number of carbonyl (C=O) groups is 1. The third-order valence-electron chi connectivity index (χ3n) is 9.31. The Labute approximate surface area is 253 Å². The van der Waals surface area contributed by atoms with E-state index in [4.69, 9.17) is 5.73 Å². The number of hydrogen-bond acceptors (Lipinski definition) is 5. The molecule has 1 aromatic heterocycles. The number of fused-ring (bicyclic) bond motifs is 3. The molecule has 1 amide bonds. The smallest absolute Gasteiger partial charge is 0.298 e. The van der Waals surface area contributed by atoms with Crippen LogP contribution >= 0.6 is 15.9 Å². The second-order valence-corrected chi connectivity index (χ2v) is 15.1. The summed E-state index contributed by atoms with van der Waals surface area (Å²) < 4.78 is 63.9. The number of nitrogens with two attached hydrogens (primary N) is 1. The first kappa shape index (κ1) is 29.7. The number of aromatic nitrogens is 2. The summed E-state index contributed by atoms with van der Waals surface area (Å²) in [6.45, 7) is 0.758. The molecule has 2 aromatic carbocycles. The Kier molecular flexibility index (Phi) is 7.95. The van der Waals surface area contributed by atoms with Crippen LogP contribution in [0.4, 0.5) is 8.78 Å². The SMILES string of the molecule is CN([C@@H](C(=O)N1C2CCC1CC(N)C2)C(F)(F)c1ccc(Br)cc1)S(=O)(=O)c1ccc2nn(CC3CCCC3)cc2c1. The van der Waals surface area contributed by atoms with Crippen molar-refractivity contribution in [2.24, 2.45) is 11.7 Å². The third kappa shape index (κ3) is 5.39. The number of hydrogen-bond donors (Lipinski definition) is 1. The third-order valence-corrected chi connectivity index (χ3v) is 11.7. The van der Waals surface area contributed by atoms with Crippen LogP contribution in [-0.2, 0) is 27.3 Å². The summed E-state index contributed by atoms with van der Waals surface area (Å²) >= 11 is 3.26. The largest absolute Gasteiger partial charge is 0.335 e. The van der Waals surface area contributed by atoms with E-state index in [2.05, 4.69) is 21.0 Å². The molecule has 2 saturated heterocycles. The summed E-state index contributed by atoms with van der Waals surface area (Å²) in [5.41, 5.74) is 6.37. The Balaban J connectivity index is 1.36. The number of likely N-dealkylation sites (N-methyl/N-ethyl adjacent to an activating group) is 1. The summed E-state index contributed by atoms with van der Waals surface area (Å²) in [4.78, 5) is 15.5. The van der Waals surface area contributed by atoms with Gasteiger partial charge < -0.3 is 10.6 Å². The van der Waals surface area contributed by atoms with Crippen molar-refractivity contribution in [2.75, 3.05) is 7.05 Å². The maximum absolute atomic E-state index is 16.4. The van der Waals surface area contributed by atoms with Crippen molar-refractivity contribution in [3.05, 3.63) is 58.7 Å². The fourth-order valence-electron chi connectivity index (χ4n) is 7.16. The Bertz CT molecular complexity index is 1560. The van der Waals surface area contributed by atoms with Crippen LogP contribution in [0.25, 0.3) is 10.9 Å². The van der Waals surface area contributed by atoms with Crippen LogP contribution in [0.15, 0.2) is 58.0 Å². The van der Waals surface area contributed by atoms with E-state index in [-0.39, 0.29) is 23.0 Å². The summed E-state index contributed by atoms with van der Waals surface area (Å²) in [5, 5.41) is 5.20. The molecular formula is C30H36BrF2N5O3S. The zero-order valence-electron chi connectivity index (χ0n) is 23.5. The van der Waals surface area contributed by atoms with Gasteiger partial charge in [-0.15, -0.1) is 0 Å². The van der Waals surface area contributed by atoms with Crippen molar-refractivity contribution in [3.8, 4) is 0 Å². The average Bonchev–Trinajstić information content (AvgIpc) is 3.66. The van der Waals surface area contributed by atoms with Crippen molar-refractivity contribution in [3.63, 3.8) is 0 Å². The van der Waals surface area contributed by atoms with E-state index in [1.807, 2.05) is 4.68 Å². The normalized spacial score (nSPS) is 24.1.